The molecule has 0 amide bonds. The van der Waals surface area contributed by atoms with Gasteiger partial charge < -0.3 is 10.5 Å². The van der Waals surface area contributed by atoms with Gasteiger partial charge in [0.2, 0.25) is 0 Å². The zero-order valence-electron chi connectivity index (χ0n) is 12.3. The summed E-state index contributed by atoms with van der Waals surface area (Å²) in [6.07, 6.45) is 2.52. The van der Waals surface area contributed by atoms with Crippen LogP contribution in [0, 0.1) is 5.92 Å². The zero-order valence-corrected chi connectivity index (χ0v) is 12.3. The summed E-state index contributed by atoms with van der Waals surface area (Å²) in [6, 6.07) is 8.61. The van der Waals surface area contributed by atoms with Gasteiger partial charge in [0.25, 0.3) is 0 Å². The zero-order chi connectivity index (χ0) is 13.8. The lowest BCUT2D eigenvalue weighted by molar-refractivity contribution is 0.122. The minimum Gasteiger partial charge on any atom is -0.496 e. The lowest BCUT2D eigenvalue weighted by atomic mass is 9.92. The van der Waals surface area contributed by atoms with E-state index in [1.54, 1.807) is 7.11 Å². The molecular formula is C16H26N2O. The molecule has 2 atom stereocenters. The van der Waals surface area contributed by atoms with E-state index in [1.165, 1.54) is 18.4 Å². The molecule has 0 saturated carbocycles. The summed E-state index contributed by atoms with van der Waals surface area (Å²) >= 11 is 0. The average Bonchev–Trinajstić information content (AvgIpc) is 2.41. The van der Waals surface area contributed by atoms with Gasteiger partial charge in [0.15, 0.2) is 0 Å². The largest absolute Gasteiger partial charge is 0.496 e. The van der Waals surface area contributed by atoms with Crippen LogP contribution in [0.4, 0.5) is 0 Å². The van der Waals surface area contributed by atoms with Gasteiger partial charge in [0.1, 0.15) is 5.75 Å². The summed E-state index contributed by atoms with van der Waals surface area (Å²) in [4.78, 5) is 2.52. The summed E-state index contributed by atoms with van der Waals surface area (Å²) < 4.78 is 5.51. The van der Waals surface area contributed by atoms with Gasteiger partial charge in [-0.05, 0) is 44.8 Å². The first-order valence-electron chi connectivity index (χ1n) is 7.26. The predicted molar refractivity (Wildman–Crippen MR) is 79.4 cm³/mol. The third-order valence-corrected chi connectivity index (χ3v) is 4.17. The van der Waals surface area contributed by atoms with Crippen LogP contribution in [0.3, 0.4) is 0 Å². The molecule has 3 heteroatoms. The van der Waals surface area contributed by atoms with Crippen LogP contribution in [-0.2, 0) is 0 Å². The molecule has 3 nitrogen and oxygen atoms in total. The number of ether oxygens (including phenoxy) is 1. The highest BCUT2D eigenvalue weighted by molar-refractivity contribution is 5.36. The predicted octanol–water partition coefficient (Wildman–Crippen LogP) is 2.82. The third-order valence-electron chi connectivity index (χ3n) is 4.17. The highest BCUT2D eigenvalue weighted by Gasteiger charge is 2.29. The molecule has 106 valence electrons. The molecule has 1 aromatic rings. The van der Waals surface area contributed by atoms with Gasteiger partial charge in [0.05, 0.1) is 13.2 Å². The Morgan fingerprint density at radius 3 is 2.47 bits per heavy atom. The number of methoxy groups -OCH3 is 1. The molecule has 0 aromatic heterocycles. The van der Waals surface area contributed by atoms with Crippen molar-refractivity contribution in [1.82, 2.24) is 4.90 Å². The second-order valence-electron chi connectivity index (χ2n) is 5.76. The lowest BCUT2D eigenvalue weighted by Gasteiger charge is -2.39. The van der Waals surface area contributed by atoms with E-state index < -0.39 is 0 Å². The van der Waals surface area contributed by atoms with Crippen molar-refractivity contribution in [3.05, 3.63) is 29.8 Å². The first-order valence-corrected chi connectivity index (χ1v) is 7.26. The van der Waals surface area contributed by atoms with E-state index >= 15 is 0 Å². The number of nitrogens with zero attached hydrogens (tertiary/aromatic N) is 1. The lowest BCUT2D eigenvalue weighted by Crippen LogP contribution is -2.43. The van der Waals surface area contributed by atoms with E-state index in [1.807, 2.05) is 12.1 Å². The van der Waals surface area contributed by atoms with Crippen LogP contribution in [0.15, 0.2) is 24.3 Å². The third kappa shape index (κ3) is 3.28. The van der Waals surface area contributed by atoms with Crippen molar-refractivity contribution in [2.45, 2.75) is 38.8 Å². The van der Waals surface area contributed by atoms with E-state index in [9.17, 15) is 0 Å². The monoisotopic (exact) mass is 262 g/mol. The molecule has 2 rings (SSSR count). The number of para-hydroxylation sites is 1. The van der Waals surface area contributed by atoms with Gasteiger partial charge in [-0.1, -0.05) is 25.1 Å². The summed E-state index contributed by atoms with van der Waals surface area (Å²) in [5.41, 5.74) is 7.48. The second-order valence-corrected chi connectivity index (χ2v) is 5.76. The van der Waals surface area contributed by atoms with Crippen LogP contribution in [0.1, 0.15) is 38.3 Å². The fourth-order valence-electron chi connectivity index (χ4n) is 3.03. The molecule has 1 heterocycles. The minimum atomic E-state index is 0.102. The molecule has 2 unspecified atom stereocenters. The number of likely N-dealkylation sites (tertiary alicyclic amines) is 1. The Balaban J connectivity index is 2.24. The summed E-state index contributed by atoms with van der Waals surface area (Å²) in [7, 11) is 1.73. The van der Waals surface area contributed by atoms with Crippen LogP contribution in [0.25, 0.3) is 0 Å². The van der Waals surface area contributed by atoms with E-state index in [4.69, 9.17) is 10.5 Å². The molecule has 1 aliphatic rings. The van der Waals surface area contributed by atoms with E-state index in [-0.39, 0.29) is 12.1 Å². The number of piperidine rings is 1. The Morgan fingerprint density at radius 1 is 1.26 bits per heavy atom. The van der Waals surface area contributed by atoms with E-state index in [0.717, 1.165) is 24.8 Å². The van der Waals surface area contributed by atoms with Crippen molar-refractivity contribution in [3.63, 3.8) is 0 Å². The fraction of sp³-hybridized carbons (Fsp3) is 0.625. The maximum Gasteiger partial charge on any atom is 0.123 e. The number of hydrogen-bond donors (Lipinski definition) is 1. The molecule has 1 aromatic carbocycles. The molecule has 19 heavy (non-hydrogen) atoms. The second kappa shape index (κ2) is 6.40. The smallest absolute Gasteiger partial charge is 0.123 e. The molecular weight excluding hydrogens is 236 g/mol. The van der Waals surface area contributed by atoms with Crippen LogP contribution in [0.5, 0.6) is 5.75 Å². The molecule has 0 radical (unpaired) electrons. The van der Waals surface area contributed by atoms with Gasteiger partial charge in [-0.3, -0.25) is 4.90 Å². The molecule has 1 saturated heterocycles. The Hall–Kier alpha value is -1.06. The van der Waals surface area contributed by atoms with Gasteiger partial charge in [-0.15, -0.1) is 0 Å². The summed E-state index contributed by atoms with van der Waals surface area (Å²) in [5.74, 6) is 1.78. The minimum absolute atomic E-state index is 0.102. The molecule has 0 spiro atoms. The van der Waals surface area contributed by atoms with Crippen LogP contribution in [-0.4, -0.2) is 31.1 Å². The molecule has 2 N–H and O–H groups in total. The first kappa shape index (κ1) is 14.4. The normalized spacial score (nSPS) is 21.1. The number of hydrogen-bond acceptors (Lipinski definition) is 3. The molecule has 0 bridgehead atoms. The number of benzene rings is 1. The van der Waals surface area contributed by atoms with Crippen molar-refractivity contribution in [1.29, 1.82) is 0 Å². The van der Waals surface area contributed by atoms with Crippen molar-refractivity contribution < 1.29 is 4.74 Å². The standard InChI is InChI=1S/C16H26N2O/c1-12-8-10-18(11-9-12)16(13(2)17)14-6-4-5-7-15(14)19-3/h4-7,12-13,16H,8-11,17H2,1-3H3. The highest BCUT2D eigenvalue weighted by atomic mass is 16.5. The Morgan fingerprint density at radius 2 is 1.89 bits per heavy atom. The average molecular weight is 262 g/mol. The van der Waals surface area contributed by atoms with E-state index in [0.29, 0.717) is 0 Å². The maximum atomic E-state index is 6.26. The topological polar surface area (TPSA) is 38.5 Å². The van der Waals surface area contributed by atoms with Gasteiger partial charge in [-0.25, -0.2) is 0 Å². The van der Waals surface area contributed by atoms with E-state index in [2.05, 4.69) is 30.9 Å². The van der Waals surface area contributed by atoms with Gasteiger partial charge in [0, 0.05) is 11.6 Å². The van der Waals surface area contributed by atoms with Crippen molar-refractivity contribution in [2.24, 2.45) is 11.7 Å². The maximum absolute atomic E-state index is 6.26. The van der Waals surface area contributed by atoms with Gasteiger partial charge in [-0.2, -0.15) is 0 Å². The van der Waals surface area contributed by atoms with Crippen LogP contribution < -0.4 is 10.5 Å². The van der Waals surface area contributed by atoms with Crippen molar-refractivity contribution in [3.8, 4) is 5.75 Å². The molecule has 1 fully saturated rings. The van der Waals surface area contributed by atoms with Crippen LogP contribution in [0.2, 0.25) is 0 Å². The van der Waals surface area contributed by atoms with Crippen molar-refractivity contribution >= 4 is 0 Å². The Bertz CT molecular complexity index is 397. The Labute approximate surface area is 116 Å². The van der Waals surface area contributed by atoms with Crippen molar-refractivity contribution in [2.75, 3.05) is 20.2 Å². The summed E-state index contributed by atoms with van der Waals surface area (Å²) in [5, 5.41) is 0. The molecule has 1 aliphatic heterocycles. The Kier molecular flexibility index (Phi) is 4.83. The highest BCUT2D eigenvalue weighted by Crippen LogP contribution is 2.33. The quantitative estimate of drug-likeness (QED) is 0.907. The molecule has 0 aliphatic carbocycles. The number of nitrogens with two attached hydrogens (primary N) is 1. The SMILES string of the molecule is COc1ccccc1C(C(C)N)N1CCC(C)CC1. The fourth-order valence-corrected chi connectivity index (χ4v) is 3.03. The first-order chi connectivity index (χ1) is 9.13. The summed E-state index contributed by atoms with van der Waals surface area (Å²) in [6.45, 7) is 6.69. The van der Waals surface area contributed by atoms with Gasteiger partial charge >= 0.3 is 0 Å². The number of rotatable bonds is 4. The van der Waals surface area contributed by atoms with Crippen LogP contribution >= 0.6 is 0 Å².